The summed E-state index contributed by atoms with van der Waals surface area (Å²) in [5.74, 6) is 0.471. The molecule has 1 aromatic carbocycles. The number of aromatic nitrogens is 1. The van der Waals surface area contributed by atoms with Crippen molar-refractivity contribution in [2.24, 2.45) is 0 Å². The maximum absolute atomic E-state index is 14.3. The number of pyridine rings is 1. The highest BCUT2D eigenvalue weighted by molar-refractivity contribution is 5.76. The highest BCUT2D eigenvalue weighted by atomic mass is 19.1. The highest BCUT2D eigenvalue weighted by Gasteiger charge is 2.41. The number of benzene rings is 1. The quantitative estimate of drug-likeness (QED) is 0.334. The molecule has 0 amide bonds. The lowest BCUT2D eigenvalue weighted by atomic mass is 9.92. The molecule has 2 saturated heterocycles. The molecule has 2 N–H and O–H groups in total. The minimum atomic E-state index is -0.981. The Labute approximate surface area is 236 Å². The van der Waals surface area contributed by atoms with Gasteiger partial charge in [0, 0.05) is 43.6 Å². The molecule has 0 bridgehead atoms. The van der Waals surface area contributed by atoms with Crippen LogP contribution in [0.3, 0.4) is 0 Å². The average molecular weight is 556 g/mol. The number of aliphatic carboxylic acids is 1. The van der Waals surface area contributed by atoms with Crippen molar-refractivity contribution in [2.75, 3.05) is 38.7 Å². The molecule has 9 heteroatoms. The van der Waals surface area contributed by atoms with Crippen LogP contribution in [0.2, 0.25) is 0 Å². The fourth-order valence-electron chi connectivity index (χ4n) is 6.15. The number of halogens is 1. The van der Waals surface area contributed by atoms with E-state index < -0.39 is 17.8 Å². The largest absolute Gasteiger partial charge is 0.496 e. The van der Waals surface area contributed by atoms with Crippen molar-refractivity contribution in [3.8, 4) is 5.75 Å². The van der Waals surface area contributed by atoms with E-state index in [0.29, 0.717) is 25.3 Å². The monoisotopic (exact) mass is 555 g/mol. The minimum absolute atomic E-state index is 0.0156. The Balaban J connectivity index is 1.08. The van der Waals surface area contributed by atoms with E-state index in [4.69, 9.17) is 19.2 Å². The van der Waals surface area contributed by atoms with Gasteiger partial charge in [-0.1, -0.05) is 12.5 Å². The lowest BCUT2D eigenvalue weighted by Crippen LogP contribution is -2.55. The fraction of sp³-hybridized carbons (Fsp3) is 0.613. The van der Waals surface area contributed by atoms with Crippen LogP contribution < -0.4 is 10.1 Å². The first-order valence-corrected chi connectivity index (χ1v) is 14.6. The van der Waals surface area contributed by atoms with Crippen molar-refractivity contribution < 1.29 is 28.5 Å². The SMILES string of the molecule is COc1cc(CCCCCOC2CN(C(C(=O)O)c3cc(F)ccc3C3CCC(C)(C)O3)C2)nc2c1CCCN2. The Kier molecular flexibility index (Phi) is 8.92. The number of carboxylic acid groups (broad SMARTS) is 1. The topological polar surface area (TPSA) is 93.2 Å². The molecule has 2 unspecified atom stereocenters. The number of carbonyl (C=O) groups is 1. The summed E-state index contributed by atoms with van der Waals surface area (Å²) >= 11 is 0. The molecule has 3 aliphatic rings. The molecule has 1 aromatic heterocycles. The molecule has 2 aromatic rings. The standard InChI is InChI=1S/C31H42FN3O5/c1-31(2)13-12-26(40-31)23-11-10-20(32)16-25(23)28(30(36)37)35-18-22(19-35)39-15-6-4-5-8-21-17-27(38-3)24-9-7-14-33-29(24)34-21/h10-11,16-17,22,26,28H,4-9,12-15,18-19H2,1-3H3,(H,33,34)(H,36,37). The Bertz CT molecular complexity index is 1180. The van der Waals surface area contributed by atoms with E-state index in [1.165, 1.54) is 17.7 Å². The number of ether oxygens (including phenoxy) is 3. The third kappa shape index (κ3) is 6.58. The van der Waals surface area contributed by atoms with Crippen LogP contribution in [0.4, 0.5) is 10.2 Å². The third-order valence-corrected chi connectivity index (χ3v) is 8.32. The zero-order chi connectivity index (χ0) is 28.3. The number of hydrogen-bond donors (Lipinski definition) is 2. The Morgan fingerprint density at radius 1 is 1.27 bits per heavy atom. The van der Waals surface area contributed by atoms with Gasteiger partial charge in [0.25, 0.3) is 0 Å². The summed E-state index contributed by atoms with van der Waals surface area (Å²) in [5, 5.41) is 13.5. The first-order valence-electron chi connectivity index (χ1n) is 14.6. The van der Waals surface area contributed by atoms with Crippen molar-refractivity contribution >= 4 is 11.8 Å². The van der Waals surface area contributed by atoms with E-state index in [9.17, 15) is 14.3 Å². The van der Waals surface area contributed by atoms with Gasteiger partial charge in [-0.25, -0.2) is 9.37 Å². The first-order chi connectivity index (χ1) is 19.2. The summed E-state index contributed by atoms with van der Waals surface area (Å²) in [6.07, 6.45) is 7.37. The van der Waals surface area contributed by atoms with Crippen molar-refractivity contribution in [1.29, 1.82) is 0 Å². The smallest absolute Gasteiger partial charge is 0.325 e. The van der Waals surface area contributed by atoms with E-state index in [0.717, 1.165) is 80.7 Å². The van der Waals surface area contributed by atoms with E-state index >= 15 is 0 Å². The number of hydrogen-bond acceptors (Lipinski definition) is 7. The van der Waals surface area contributed by atoms with Gasteiger partial charge in [0.1, 0.15) is 23.4 Å². The van der Waals surface area contributed by atoms with E-state index in [-0.39, 0.29) is 17.8 Å². The number of methoxy groups -OCH3 is 1. The van der Waals surface area contributed by atoms with E-state index in [2.05, 4.69) is 11.4 Å². The predicted octanol–water partition coefficient (Wildman–Crippen LogP) is 5.46. The number of nitrogens with one attached hydrogen (secondary N) is 1. The molecule has 8 nitrogen and oxygen atoms in total. The summed E-state index contributed by atoms with van der Waals surface area (Å²) in [7, 11) is 1.72. The summed E-state index contributed by atoms with van der Waals surface area (Å²) in [6, 6.07) is 5.58. The maximum Gasteiger partial charge on any atom is 0.325 e. The van der Waals surface area contributed by atoms with Gasteiger partial charge in [0.2, 0.25) is 0 Å². The second-order valence-corrected chi connectivity index (χ2v) is 11.8. The van der Waals surface area contributed by atoms with Crippen molar-refractivity contribution in [1.82, 2.24) is 9.88 Å². The molecule has 2 fully saturated rings. The van der Waals surface area contributed by atoms with Crippen LogP contribution in [0.15, 0.2) is 24.3 Å². The molecular formula is C31H42FN3O5. The number of aryl methyl sites for hydroxylation is 1. The maximum atomic E-state index is 14.3. The summed E-state index contributed by atoms with van der Waals surface area (Å²) in [6.45, 7) is 6.66. The van der Waals surface area contributed by atoms with Crippen LogP contribution in [0.5, 0.6) is 5.75 Å². The number of likely N-dealkylation sites (tertiary alicyclic amines) is 1. The molecule has 0 radical (unpaired) electrons. The van der Waals surface area contributed by atoms with Crippen LogP contribution in [-0.4, -0.2) is 66.0 Å². The second kappa shape index (κ2) is 12.4. The van der Waals surface area contributed by atoms with Crippen molar-refractivity contribution in [3.05, 3.63) is 52.5 Å². The van der Waals surface area contributed by atoms with Crippen molar-refractivity contribution in [2.45, 2.75) is 89.1 Å². The van der Waals surface area contributed by atoms with Gasteiger partial charge in [-0.15, -0.1) is 0 Å². The predicted molar refractivity (Wildman–Crippen MR) is 150 cm³/mol. The molecule has 218 valence electrons. The molecule has 5 rings (SSSR count). The zero-order valence-corrected chi connectivity index (χ0v) is 23.9. The molecule has 0 aliphatic carbocycles. The van der Waals surface area contributed by atoms with Gasteiger partial charge in [0.15, 0.2) is 0 Å². The number of carboxylic acids is 1. The van der Waals surface area contributed by atoms with E-state index in [1.54, 1.807) is 13.2 Å². The van der Waals surface area contributed by atoms with Gasteiger partial charge in [0.05, 0.1) is 24.9 Å². The fourth-order valence-corrected chi connectivity index (χ4v) is 6.15. The Morgan fingerprint density at radius 3 is 2.83 bits per heavy atom. The molecule has 4 heterocycles. The van der Waals surface area contributed by atoms with E-state index in [1.807, 2.05) is 18.7 Å². The third-order valence-electron chi connectivity index (χ3n) is 8.32. The number of anilines is 1. The lowest BCUT2D eigenvalue weighted by Gasteiger charge is -2.43. The van der Waals surface area contributed by atoms with Gasteiger partial charge in [-0.3, -0.25) is 9.69 Å². The lowest BCUT2D eigenvalue weighted by molar-refractivity contribution is -0.151. The number of unbranched alkanes of at least 4 members (excludes halogenated alkanes) is 2. The molecule has 0 spiro atoms. The number of nitrogens with zero attached hydrogens (tertiary/aromatic N) is 2. The van der Waals surface area contributed by atoms with Gasteiger partial charge in [-0.05, 0) is 82.1 Å². The molecule has 2 atom stereocenters. The van der Waals surface area contributed by atoms with Gasteiger partial charge < -0.3 is 24.6 Å². The molecule has 0 saturated carbocycles. The molecule has 3 aliphatic heterocycles. The van der Waals surface area contributed by atoms with Crippen LogP contribution in [0.25, 0.3) is 0 Å². The zero-order valence-electron chi connectivity index (χ0n) is 23.9. The molecular weight excluding hydrogens is 513 g/mol. The average Bonchev–Trinajstić information content (AvgIpc) is 3.27. The molecule has 40 heavy (non-hydrogen) atoms. The summed E-state index contributed by atoms with van der Waals surface area (Å²) in [5.41, 5.74) is 3.20. The first kappa shape index (κ1) is 28.8. The van der Waals surface area contributed by atoms with Crippen LogP contribution >= 0.6 is 0 Å². The minimum Gasteiger partial charge on any atom is -0.496 e. The van der Waals surface area contributed by atoms with Crippen LogP contribution in [0.1, 0.15) is 86.9 Å². The van der Waals surface area contributed by atoms with Crippen LogP contribution in [-0.2, 0) is 27.1 Å². The number of rotatable bonds is 12. The Hall–Kier alpha value is -2.75. The highest BCUT2D eigenvalue weighted by Crippen LogP contribution is 2.43. The summed E-state index contributed by atoms with van der Waals surface area (Å²) in [4.78, 5) is 19.0. The summed E-state index contributed by atoms with van der Waals surface area (Å²) < 4.78 is 32.1. The van der Waals surface area contributed by atoms with Gasteiger partial charge in [-0.2, -0.15) is 0 Å². The van der Waals surface area contributed by atoms with Crippen LogP contribution in [0, 0.1) is 5.82 Å². The van der Waals surface area contributed by atoms with Crippen molar-refractivity contribution in [3.63, 3.8) is 0 Å². The normalized spacial score (nSPS) is 21.4. The number of fused-ring (bicyclic) bond motifs is 1. The van der Waals surface area contributed by atoms with Gasteiger partial charge >= 0.3 is 5.97 Å². The second-order valence-electron chi connectivity index (χ2n) is 11.8. The Morgan fingerprint density at radius 2 is 2.10 bits per heavy atom.